The van der Waals surface area contributed by atoms with Gasteiger partial charge in [0, 0.05) is 29.9 Å². The van der Waals surface area contributed by atoms with Crippen molar-refractivity contribution in [3.8, 4) is 11.4 Å². The molecule has 3 atom stereocenters. The molecule has 0 radical (unpaired) electrons. The zero-order valence-corrected chi connectivity index (χ0v) is 16.7. The molecule has 28 heavy (non-hydrogen) atoms. The monoisotopic (exact) mass is 390 g/mol. The van der Waals surface area contributed by atoms with Crippen LogP contribution < -0.4 is 4.74 Å². The van der Waals surface area contributed by atoms with Crippen molar-refractivity contribution in [3.63, 3.8) is 0 Å². The molecule has 2 aliphatic rings. The van der Waals surface area contributed by atoms with E-state index in [4.69, 9.17) is 9.73 Å². The van der Waals surface area contributed by atoms with Crippen molar-refractivity contribution in [2.24, 2.45) is 4.99 Å². The van der Waals surface area contributed by atoms with Crippen LogP contribution in [0.4, 0.5) is 0 Å². The standard InChI is InChI=1S/C22H22N4OS/c1-15-14-26-21(20(24-22(26)28-15)16-8-5-6-12-23-16)18-10-7-13-25(18)17-9-3-4-11-19(17)27-2/h3-13,15,20-21H,14H2,1-2H3/t15-,20+,21+/m0/s1. The zero-order valence-electron chi connectivity index (χ0n) is 15.9. The molecular formula is C22H22N4OS. The first kappa shape index (κ1) is 17.4. The number of benzene rings is 1. The molecule has 6 heteroatoms. The number of hydrogen-bond donors (Lipinski definition) is 0. The van der Waals surface area contributed by atoms with Gasteiger partial charge in [-0.05, 0) is 36.4 Å². The number of nitrogens with zero attached hydrogens (tertiary/aromatic N) is 4. The van der Waals surface area contributed by atoms with E-state index in [1.807, 2.05) is 48.3 Å². The number of amidine groups is 1. The molecule has 0 amide bonds. The molecule has 2 aromatic heterocycles. The van der Waals surface area contributed by atoms with Gasteiger partial charge in [0.2, 0.25) is 0 Å². The van der Waals surface area contributed by atoms with Gasteiger partial charge in [-0.15, -0.1) is 0 Å². The number of rotatable bonds is 4. The Hall–Kier alpha value is -2.73. The van der Waals surface area contributed by atoms with Crippen molar-refractivity contribution in [2.75, 3.05) is 13.7 Å². The molecule has 1 aromatic carbocycles. The Bertz CT molecular complexity index is 1020. The lowest BCUT2D eigenvalue weighted by atomic mass is 10.0. The van der Waals surface area contributed by atoms with Gasteiger partial charge in [0.1, 0.15) is 11.8 Å². The lowest BCUT2D eigenvalue weighted by molar-refractivity contribution is 0.311. The number of aromatic nitrogens is 2. The number of thioether (sulfide) groups is 1. The number of aliphatic imine (C=N–C) groups is 1. The Kier molecular flexibility index (Phi) is 4.36. The lowest BCUT2D eigenvalue weighted by Gasteiger charge is -2.28. The van der Waals surface area contributed by atoms with E-state index in [1.54, 1.807) is 7.11 Å². The highest BCUT2D eigenvalue weighted by Crippen LogP contribution is 2.48. The average Bonchev–Trinajstić information content (AvgIpc) is 3.42. The maximum absolute atomic E-state index is 5.62. The van der Waals surface area contributed by atoms with Crippen molar-refractivity contribution in [2.45, 2.75) is 24.3 Å². The molecule has 1 fully saturated rings. The van der Waals surface area contributed by atoms with Crippen molar-refractivity contribution in [3.05, 3.63) is 78.4 Å². The first-order valence-electron chi connectivity index (χ1n) is 9.49. The van der Waals surface area contributed by atoms with Crippen LogP contribution in [0.5, 0.6) is 5.75 Å². The number of methoxy groups -OCH3 is 1. The summed E-state index contributed by atoms with van der Waals surface area (Å²) in [6.07, 6.45) is 3.96. The highest BCUT2D eigenvalue weighted by atomic mass is 32.2. The number of pyridine rings is 1. The predicted octanol–water partition coefficient (Wildman–Crippen LogP) is 4.47. The van der Waals surface area contributed by atoms with E-state index in [-0.39, 0.29) is 12.1 Å². The topological polar surface area (TPSA) is 42.6 Å². The normalized spacial score (nSPS) is 23.6. The summed E-state index contributed by atoms with van der Waals surface area (Å²) in [5.74, 6) is 0.859. The first-order valence-corrected chi connectivity index (χ1v) is 10.4. The van der Waals surface area contributed by atoms with E-state index in [2.05, 4.69) is 51.8 Å². The number of fused-ring (bicyclic) bond motifs is 1. The zero-order chi connectivity index (χ0) is 19.1. The van der Waals surface area contributed by atoms with Gasteiger partial charge in [0.25, 0.3) is 0 Å². The van der Waals surface area contributed by atoms with Gasteiger partial charge >= 0.3 is 0 Å². The van der Waals surface area contributed by atoms with E-state index in [0.29, 0.717) is 5.25 Å². The van der Waals surface area contributed by atoms with Crippen molar-refractivity contribution >= 4 is 16.9 Å². The second kappa shape index (κ2) is 7.02. The second-order valence-corrected chi connectivity index (χ2v) is 8.52. The summed E-state index contributed by atoms with van der Waals surface area (Å²) in [5, 5.41) is 1.67. The fraction of sp³-hybridized carbons (Fsp3) is 0.273. The van der Waals surface area contributed by atoms with E-state index in [9.17, 15) is 0 Å². The van der Waals surface area contributed by atoms with E-state index in [0.717, 1.165) is 28.8 Å². The van der Waals surface area contributed by atoms with Gasteiger partial charge < -0.3 is 14.2 Å². The number of ether oxygens (including phenoxy) is 1. The first-order chi connectivity index (χ1) is 13.8. The molecular weight excluding hydrogens is 368 g/mol. The molecule has 0 aliphatic carbocycles. The van der Waals surface area contributed by atoms with Gasteiger partial charge in [-0.2, -0.15) is 0 Å². The van der Waals surface area contributed by atoms with Crippen LogP contribution in [-0.4, -0.2) is 38.5 Å². The molecule has 0 N–H and O–H groups in total. The Labute approximate surface area is 169 Å². The average molecular weight is 391 g/mol. The van der Waals surface area contributed by atoms with Crippen LogP contribution in [0.1, 0.15) is 30.4 Å². The number of para-hydroxylation sites is 2. The molecule has 3 aromatic rings. The van der Waals surface area contributed by atoms with Gasteiger partial charge in [-0.3, -0.25) is 9.98 Å². The Morgan fingerprint density at radius 1 is 1.07 bits per heavy atom. The third-order valence-corrected chi connectivity index (χ3v) is 6.41. The minimum absolute atomic E-state index is 0.0143. The van der Waals surface area contributed by atoms with Gasteiger partial charge in [0.15, 0.2) is 5.17 Å². The van der Waals surface area contributed by atoms with Crippen LogP contribution in [0.2, 0.25) is 0 Å². The second-order valence-electron chi connectivity index (χ2n) is 7.11. The summed E-state index contributed by atoms with van der Waals surface area (Å²) < 4.78 is 7.85. The lowest BCUT2D eigenvalue weighted by Crippen LogP contribution is -2.30. The van der Waals surface area contributed by atoms with E-state index >= 15 is 0 Å². The molecule has 0 bridgehead atoms. The van der Waals surface area contributed by atoms with Gasteiger partial charge in [-0.1, -0.05) is 36.9 Å². The number of hydrogen-bond acceptors (Lipinski definition) is 5. The fourth-order valence-corrected chi connectivity index (χ4v) is 5.21. The fourth-order valence-electron chi connectivity index (χ4n) is 4.12. The highest BCUT2D eigenvalue weighted by Gasteiger charge is 2.44. The molecule has 0 spiro atoms. The molecule has 5 rings (SSSR count). The van der Waals surface area contributed by atoms with Crippen LogP contribution >= 0.6 is 11.8 Å². The maximum Gasteiger partial charge on any atom is 0.160 e. The van der Waals surface area contributed by atoms with Crippen LogP contribution in [0.3, 0.4) is 0 Å². The van der Waals surface area contributed by atoms with Crippen LogP contribution in [0.15, 0.2) is 72.0 Å². The SMILES string of the molecule is COc1ccccc1-n1cccc1[C@@H]1[C@@H](c2ccccn2)N=C2S[C@@H](C)CN21. The largest absolute Gasteiger partial charge is 0.495 e. The van der Waals surface area contributed by atoms with Crippen molar-refractivity contribution in [1.29, 1.82) is 0 Å². The van der Waals surface area contributed by atoms with E-state index in [1.165, 1.54) is 5.69 Å². The predicted molar refractivity (Wildman–Crippen MR) is 113 cm³/mol. The minimum atomic E-state index is -0.0143. The van der Waals surface area contributed by atoms with Crippen molar-refractivity contribution in [1.82, 2.24) is 14.5 Å². The maximum atomic E-state index is 5.62. The quantitative estimate of drug-likeness (QED) is 0.659. The summed E-state index contributed by atoms with van der Waals surface area (Å²) >= 11 is 1.86. The summed E-state index contributed by atoms with van der Waals surface area (Å²) in [4.78, 5) is 12.2. The summed E-state index contributed by atoms with van der Waals surface area (Å²) in [7, 11) is 1.72. The summed E-state index contributed by atoms with van der Waals surface area (Å²) in [6, 6.07) is 18.6. The molecule has 2 aliphatic heterocycles. The van der Waals surface area contributed by atoms with Crippen LogP contribution in [0.25, 0.3) is 5.69 Å². The summed E-state index contributed by atoms with van der Waals surface area (Å²) in [5.41, 5.74) is 3.25. The molecule has 5 nitrogen and oxygen atoms in total. The third-order valence-electron chi connectivity index (χ3n) is 5.31. The van der Waals surface area contributed by atoms with Gasteiger partial charge in [-0.25, -0.2) is 0 Å². The third kappa shape index (κ3) is 2.79. The molecule has 0 saturated carbocycles. The van der Waals surface area contributed by atoms with Crippen molar-refractivity contribution < 1.29 is 4.74 Å². The summed E-state index contributed by atoms with van der Waals surface area (Å²) in [6.45, 7) is 3.26. The van der Waals surface area contributed by atoms with Gasteiger partial charge in [0.05, 0.1) is 24.5 Å². The molecule has 1 saturated heterocycles. The Morgan fingerprint density at radius 3 is 2.75 bits per heavy atom. The van der Waals surface area contributed by atoms with Crippen LogP contribution in [-0.2, 0) is 0 Å². The molecule has 142 valence electrons. The van der Waals surface area contributed by atoms with Crippen LogP contribution in [0, 0.1) is 0 Å². The Balaban J connectivity index is 1.63. The highest BCUT2D eigenvalue weighted by molar-refractivity contribution is 8.14. The smallest absolute Gasteiger partial charge is 0.160 e. The molecule has 0 unspecified atom stereocenters. The molecule has 4 heterocycles. The minimum Gasteiger partial charge on any atom is -0.495 e. The Morgan fingerprint density at radius 2 is 1.93 bits per heavy atom. The van der Waals surface area contributed by atoms with E-state index < -0.39 is 0 Å².